The maximum atomic E-state index is 12.8. The van der Waals surface area contributed by atoms with Gasteiger partial charge in [-0.05, 0) is 42.7 Å². The van der Waals surface area contributed by atoms with Crippen LogP contribution in [0.25, 0.3) is 16.5 Å². The molecule has 1 aliphatic rings. The fourth-order valence-corrected chi connectivity index (χ4v) is 3.42. The van der Waals surface area contributed by atoms with E-state index in [1.165, 1.54) is 0 Å². The van der Waals surface area contributed by atoms with Gasteiger partial charge in [0.1, 0.15) is 17.6 Å². The minimum atomic E-state index is 0.0358. The van der Waals surface area contributed by atoms with Crippen LogP contribution in [0.3, 0.4) is 0 Å². The summed E-state index contributed by atoms with van der Waals surface area (Å²) < 4.78 is 1.82. The number of rotatable bonds is 2. The molecule has 0 bridgehead atoms. The molecule has 5 heteroatoms. The highest BCUT2D eigenvalue weighted by Crippen LogP contribution is 2.23. The van der Waals surface area contributed by atoms with Crippen molar-refractivity contribution in [1.29, 1.82) is 5.26 Å². The van der Waals surface area contributed by atoms with Crippen molar-refractivity contribution in [2.24, 2.45) is 0 Å². The number of aryl methyl sites for hydroxylation is 1. The molecule has 0 radical (unpaired) electrons. The Labute approximate surface area is 151 Å². The van der Waals surface area contributed by atoms with Crippen LogP contribution in [-0.4, -0.2) is 14.5 Å². The van der Waals surface area contributed by atoms with E-state index in [4.69, 9.17) is 10.2 Å². The number of hydrogen-bond acceptors (Lipinski definition) is 4. The van der Waals surface area contributed by atoms with Crippen LogP contribution in [0, 0.1) is 11.3 Å². The van der Waals surface area contributed by atoms with E-state index in [0.717, 1.165) is 43.6 Å². The Bertz CT molecular complexity index is 1120. The van der Waals surface area contributed by atoms with Crippen LogP contribution in [0.5, 0.6) is 0 Å². The average Bonchev–Trinajstić information content (AvgIpc) is 2.93. The zero-order valence-corrected chi connectivity index (χ0v) is 14.4. The van der Waals surface area contributed by atoms with E-state index in [0.29, 0.717) is 27.9 Å². The Balaban J connectivity index is 1.81. The van der Waals surface area contributed by atoms with E-state index in [2.05, 4.69) is 11.6 Å². The lowest BCUT2D eigenvalue weighted by Crippen LogP contribution is -2.24. The van der Waals surface area contributed by atoms with Crippen LogP contribution < -0.4 is 5.56 Å². The lowest BCUT2D eigenvalue weighted by Gasteiger charge is -2.11. The van der Waals surface area contributed by atoms with Crippen LogP contribution in [-0.2, 0) is 13.0 Å². The van der Waals surface area contributed by atoms with Crippen molar-refractivity contribution in [2.75, 3.05) is 0 Å². The molecule has 1 aromatic carbocycles. The summed E-state index contributed by atoms with van der Waals surface area (Å²) in [5.74, 6) is 0.868. The molecule has 0 spiro atoms. The Hall–Kier alpha value is -3.26. The highest BCUT2D eigenvalue weighted by atomic mass is 16.1. The summed E-state index contributed by atoms with van der Waals surface area (Å²) in [4.78, 5) is 21.9. The van der Waals surface area contributed by atoms with Gasteiger partial charge in [-0.2, -0.15) is 5.26 Å². The van der Waals surface area contributed by atoms with Crippen molar-refractivity contribution >= 4 is 16.5 Å². The van der Waals surface area contributed by atoms with E-state index < -0.39 is 0 Å². The van der Waals surface area contributed by atoms with Crippen molar-refractivity contribution in [3.8, 4) is 6.07 Å². The van der Waals surface area contributed by atoms with E-state index in [1.807, 2.05) is 34.9 Å². The first kappa shape index (κ1) is 16.2. The standard InChI is InChI=1S/C21H18N4O/c1-14(18-7-5-6-16(13-22)23-18)15-9-10-17-19(12-15)24-20-8-3-2-4-11-25(20)21(17)26/h5-7,9-10,12H,1-4,8,11H2. The molecule has 0 atom stereocenters. The Morgan fingerprint density at radius 2 is 2.04 bits per heavy atom. The summed E-state index contributed by atoms with van der Waals surface area (Å²) in [7, 11) is 0. The van der Waals surface area contributed by atoms with Gasteiger partial charge in [0.05, 0.1) is 16.6 Å². The van der Waals surface area contributed by atoms with Crippen molar-refractivity contribution in [1.82, 2.24) is 14.5 Å². The molecule has 4 rings (SSSR count). The predicted octanol–water partition coefficient (Wildman–Crippen LogP) is 3.45. The molecule has 5 nitrogen and oxygen atoms in total. The summed E-state index contributed by atoms with van der Waals surface area (Å²) in [5.41, 5.74) is 3.29. The topological polar surface area (TPSA) is 71.6 Å². The van der Waals surface area contributed by atoms with Crippen molar-refractivity contribution in [3.63, 3.8) is 0 Å². The van der Waals surface area contributed by atoms with E-state index in [9.17, 15) is 4.79 Å². The molecule has 3 aromatic rings. The first-order valence-corrected chi connectivity index (χ1v) is 8.77. The number of pyridine rings is 1. The van der Waals surface area contributed by atoms with Crippen LogP contribution in [0.15, 0.2) is 47.8 Å². The van der Waals surface area contributed by atoms with Gasteiger partial charge in [0.25, 0.3) is 5.56 Å². The molecule has 26 heavy (non-hydrogen) atoms. The molecule has 0 saturated carbocycles. The molecule has 3 heterocycles. The lowest BCUT2D eigenvalue weighted by atomic mass is 10.0. The van der Waals surface area contributed by atoms with Crippen LogP contribution in [0.1, 0.15) is 42.0 Å². The zero-order chi connectivity index (χ0) is 18.1. The first-order chi connectivity index (χ1) is 12.7. The Morgan fingerprint density at radius 3 is 2.88 bits per heavy atom. The number of hydrogen-bond donors (Lipinski definition) is 0. The minimum Gasteiger partial charge on any atom is -0.296 e. The fourth-order valence-electron chi connectivity index (χ4n) is 3.42. The van der Waals surface area contributed by atoms with Gasteiger partial charge in [0, 0.05) is 18.5 Å². The van der Waals surface area contributed by atoms with Gasteiger partial charge >= 0.3 is 0 Å². The van der Waals surface area contributed by atoms with Crippen molar-refractivity contribution < 1.29 is 0 Å². The normalized spacial score (nSPS) is 13.7. The SMILES string of the molecule is C=C(c1ccc2c(=O)n3c(nc2c1)CCCCC3)c1cccc(C#N)n1. The summed E-state index contributed by atoms with van der Waals surface area (Å²) in [6.45, 7) is 4.87. The van der Waals surface area contributed by atoms with Gasteiger partial charge in [-0.3, -0.25) is 9.36 Å². The molecular weight excluding hydrogens is 324 g/mol. The maximum Gasteiger partial charge on any atom is 0.261 e. The van der Waals surface area contributed by atoms with Gasteiger partial charge < -0.3 is 0 Å². The summed E-state index contributed by atoms with van der Waals surface area (Å²) >= 11 is 0. The number of benzene rings is 1. The Morgan fingerprint density at radius 1 is 1.15 bits per heavy atom. The number of fused-ring (bicyclic) bond motifs is 2. The second-order valence-electron chi connectivity index (χ2n) is 6.53. The fraction of sp³-hybridized carbons (Fsp3) is 0.238. The lowest BCUT2D eigenvalue weighted by molar-refractivity contribution is 0.614. The largest absolute Gasteiger partial charge is 0.296 e. The Kier molecular flexibility index (Phi) is 4.10. The van der Waals surface area contributed by atoms with Gasteiger partial charge in [-0.25, -0.2) is 9.97 Å². The third-order valence-corrected chi connectivity index (χ3v) is 4.84. The second-order valence-corrected chi connectivity index (χ2v) is 6.53. The van der Waals surface area contributed by atoms with Gasteiger partial charge in [0.15, 0.2) is 0 Å². The monoisotopic (exact) mass is 342 g/mol. The molecular formula is C21H18N4O. The maximum absolute atomic E-state index is 12.8. The van der Waals surface area contributed by atoms with Crippen LogP contribution >= 0.6 is 0 Å². The molecule has 0 saturated heterocycles. The number of nitriles is 1. The van der Waals surface area contributed by atoms with Gasteiger partial charge in [0.2, 0.25) is 0 Å². The second kappa shape index (κ2) is 6.57. The molecule has 0 unspecified atom stereocenters. The highest BCUT2D eigenvalue weighted by molar-refractivity contribution is 5.85. The quantitative estimate of drug-likeness (QED) is 0.715. The first-order valence-electron chi connectivity index (χ1n) is 8.77. The van der Waals surface area contributed by atoms with E-state index in [1.54, 1.807) is 12.1 Å². The average molecular weight is 342 g/mol. The molecule has 0 aliphatic carbocycles. The summed E-state index contributed by atoms with van der Waals surface area (Å²) in [6.07, 6.45) is 4.05. The van der Waals surface area contributed by atoms with Crippen molar-refractivity contribution in [2.45, 2.75) is 32.2 Å². The third kappa shape index (κ3) is 2.80. The van der Waals surface area contributed by atoms with Crippen LogP contribution in [0.4, 0.5) is 0 Å². The van der Waals surface area contributed by atoms with E-state index in [-0.39, 0.29) is 5.56 Å². The summed E-state index contributed by atoms with van der Waals surface area (Å²) in [6, 6.07) is 12.9. The number of aromatic nitrogens is 3. The predicted molar refractivity (Wildman–Crippen MR) is 101 cm³/mol. The molecule has 2 aromatic heterocycles. The van der Waals surface area contributed by atoms with Crippen molar-refractivity contribution in [3.05, 3.63) is 76.1 Å². The summed E-state index contributed by atoms with van der Waals surface area (Å²) in [5, 5.41) is 9.66. The highest BCUT2D eigenvalue weighted by Gasteiger charge is 2.15. The van der Waals surface area contributed by atoms with E-state index >= 15 is 0 Å². The zero-order valence-electron chi connectivity index (χ0n) is 14.4. The molecule has 1 aliphatic heterocycles. The molecule has 0 N–H and O–H groups in total. The number of nitrogens with zero attached hydrogens (tertiary/aromatic N) is 4. The minimum absolute atomic E-state index is 0.0358. The van der Waals surface area contributed by atoms with Gasteiger partial charge in [-0.1, -0.05) is 25.1 Å². The van der Waals surface area contributed by atoms with Crippen LogP contribution in [0.2, 0.25) is 0 Å². The molecule has 0 amide bonds. The molecule has 128 valence electrons. The van der Waals surface area contributed by atoms with Gasteiger partial charge in [-0.15, -0.1) is 0 Å². The smallest absolute Gasteiger partial charge is 0.261 e. The third-order valence-electron chi connectivity index (χ3n) is 4.84. The molecule has 0 fully saturated rings.